The quantitative estimate of drug-likeness (QED) is 0.598. The van der Waals surface area contributed by atoms with Gasteiger partial charge in [0.05, 0.1) is 6.10 Å². The molecule has 0 heterocycles. The van der Waals surface area contributed by atoms with E-state index in [1.165, 1.54) is 38.5 Å². The topological polar surface area (TPSA) is 20.2 Å². The fraction of sp³-hybridized carbons (Fsp3) is 0.833. The van der Waals surface area contributed by atoms with E-state index >= 15 is 0 Å². The molecule has 25 heavy (non-hydrogen) atoms. The smallest absolute Gasteiger partial charge is 0.0577 e. The third kappa shape index (κ3) is 2.59. The van der Waals surface area contributed by atoms with Gasteiger partial charge in [0.1, 0.15) is 0 Å². The number of allylic oxidation sites excluding steroid dienone is 3. The molecule has 4 rings (SSSR count). The van der Waals surface area contributed by atoms with Crippen LogP contribution in [0.1, 0.15) is 79.1 Å². The normalized spacial score (nSPS) is 50.8. The molecule has 1 N–H and O–H groups in total. The molecule has 0 aromatic heterocycles. The highest BCUT2D eigenvalue weighted by Gasteiger charge is 2.58. The van der Waals surface area contributed by atoms with Crippen LogP contribution in [-0.2, 0) is 0 Å². The molecule has 4 aliphatic rings. The Hall–Kier alpha value is -0.560. The maximum Gasteiger partial charge on any atom is 0.0577 e. The molecule has 1 heteroatoms. The third-order valence-corrected chi connectivity index (χ3v) is 9.28. The number of aliphatic hydroxyl groups is 1. The summed E-state index contributed by atoms with van der Waals surface area (Å²) in [6.45, 7) is 9.80. The van der Waals surface area contributed by atoms with E-state index in [-0.39, 0.29) is 6.10 Å². The summed E-state index contributed by atoms with van der Waals surface area (Å²) >= 11 is 0. The minimum absolute atomic E-state index is 0.0812. The van der Waals surface area contributed by atoms with Gasteiger partial charge in [0.2, 0.25) is 0 Å². The highest BCUT2D eigenvalue weighted by Crippen LogP contribution is 2.67. The first-order valence-electron chi connectivity index (χ1n) is 10.9. The largest absolute Gasteiger partial charge is 0.393 e. The van der Waals surface area contributed by atoms with Gasteiger partial charge in [-0.15, -0.1) is 0 Å². The van der Waals surface area contributed by atoms with Crippen LogP contribution in [-0.4, -0.2) is 11.2 Å². The van der Waals surface area contributed by atoms with Gasteiger partial charge >= 0.3 is 0 Å². The first kappa shape index (κ1) is 17.8. The zero-order chi connectivity index (χ0) is 17.8. The molecule has 0 aromatic carbocycles. The summed E-state index contributed by atoms with van der Waals surface area (Å²) in [4.78, 5) is 0. The van der Waals surface area contributed by atoms with E-state index in [0.29, 0.717) is 10.8 Å². The summed E-state index contributed by atoms with van der Waals surface area (Å²) < 4.78 is 0. The van der Waals surface area contributed by atoms with E-state index in [0.717, 1.165) is 42.4 Å². The van der Waals surface area contributed by atoms with E-state index < -0.39 is 0 Å². The second-order valence-electron chi connectivity index (χ2n) is 10.3. The first-order chi connectivity index (χ1) is 11.9. The molecule has 0 radical (unpaired) electrons. The fourth-order valence-corrected chi connectivity index (χ4v) is 7.98. The van der Waals surface area contributed by atoms with E-state index in [4.69, 9.17) is 0 Å². The maximum atomic E-state index is 10.1. The second kappa shape index (κ2) is 6.25. The molecular formula is C24H38O. The van der Waals surface area contributed by atoms with Crippen molar-refractivity contribution in [1.82, 2.24) is 0 Å². The third-order valence-electron chi connectivity index (χ3n) is 9.28. The Kier molecular flexibility index (Phi) is 4.46. The molecule has 140 valence electrons. The van der Waals surface area contributed by atoms with Crippen molar-refractivity contribution in [3.63, 3.8) is 0 Å². The molecule has 3 unspecified atom stereocenters. The van der Waals surface area contributed by atoms with Gasteiger partial charge in [0.15, 0.2) is 0 Å². The summed E-state index contributed by atoms with van der Waals surface area (Å²) in [5.41, 5.74) is 2.54. The van der Waals surface area contributed by atoms with E-state index in [2.05, 4.69) is 45.9 Å². The van der Waals surface area contributed by atoms with Crippen molar-refractivity contribution >= 4 is 0 Å². The Labute approximate surface area is 155 Å². The van der Waals surface area contributed by atoms with Crippen molar-refractivity contribution in [1.29, 1.82) is 0 Å². The number of aliphatic hydroxyl groups excluding tert-OH is 1. The molecule has 3 fully saturated rings. The summed E-state index contributed by atoms with van der Waals surface area (Å²) in [6.07, 6.45) is 17.4. The second-order valence-corrected chi connectivity index (χ2v) is 10.3. The summed E-state index contributed by atoms with van der Waals surface area (Å²) in [5.74, 6) is 4.29. The van der Waals surface area contributed by atoms with Gasteiger partial charge in [-0.3, -0.25) is 0 Å². The molecular weight excluding hydrogens is 304 g/mol. The van der Waals surface area contributed by atoms with Crippen molar-refractivity contribution < 1.29 is 5.11 Å². The Morgan fingerprint density at radius 3 is 2.68 bits per heavy atom. The van der Waals surface area contributed by atoms with Crippen molar-refractivity contribution in [3.8, 4) is 0 Å². The van der Waals surface area contributed by atoms with Gasteiger partial charge in [-0.2, -0.15) is 0 Å². The van der Waals surface area contributed by atoms with Crippen LogP contribution in [0, 0.1) is 40.4 Å². The molecule has 8 atom stereocenters. The van der Waals surface area contributed by atoms with Crippen molar-refractivity contribution in [2.75, 3.05) is 0 Å². The number of hydrogen-bond donors (Lipinski definition) is 1. The molecule has 0 saturated heterocycles. The summed E-state index contributed by atoms with van der Waals surface area (Å²) in [5, 5.41) is 10.1. The standard InChI is InChI=1S/C24H38O/c1-5-6-16(2)20-9-10-21-19-8-7-17-15-18(25)11-13-23(17,3)22(19)12-14-24(20,21)4/h5-7,16,18-22,25H,8-15H2,1-4H3/t16-,18-,19?,20+,21?,22?,23-,24+/m0/s1. The highest BCUT2D eigenvalue weighted by molar-refractivity contribution is 5.25. The molecule has 1 nitrogen and oxygen atoms in total. The molecule has 0 aromatic rings. The Morgan fingerprint density at radius 1 is 1.12 bits per heavy atom. The monoisotopic (exact) mass is 342 g/mol. The number of rotatable bonds is 2. The lowest BCUT2D eigenvalue weighted by molar-refractivity contribution is -0.0540. The van der Waals surface area contributed by atoms with Gasteiger partial charge in [0, 0.05) is 0 Å². The molecule has 4 aliphatic carbocycles. The molecule has 0 amide bonds. The van der Waals surface area contributed by atoms with Crippen LogP contribution in [0.2, 0.25) is 0 Å². The number of fused-ring (bicyclic) bond motifs is 5. The molecule has 0 bridgehead atoms. The van der Waals surface area contributed by atoms with Crippen LogP contribution < -0.4 is 0 Å². The average molecular weight is 343 g/mol. The van der Waals surface area contributed by atoms with Crippen LogP contribution >= 0.6 is 0 Å². The SMILES string of the molecule is CC=C[C@H](C)[C@H]1CCC2C3CC=C4C[C@@H](O)CC[C@]4(C)C3CC[C@@]21C. The van der Waals surface area contributed by atoms with Gasteiger partial charge in [-0.25, -0.2) is 0 Å². The predicted octanol–water partition coefficient (Wildman–Crippen LogP) is 6.14. The van der Waals surface area contributed by atoms with E-state index in [9.17, 15) is 5.11 Å². The van der Waals surface area contributed by atoms with Crippen molar-refractivity contribution in [2.45, 2.75) is 85.2 Å². The van der Waals surface area contributed by atoms with Crippen molar-refractivity contribution in [3.05, 3.63) is 23.8 Å². The minimum atomic E-state index is -0.0812. The van der Waals surface area contributed by atoms with Crippen LogP contribution in [0.25, 0.3) is 0 Å². The van der Waals surface area contributed by atoms with E-state index in [1.807, 2.05) is 0 Å². The van der Waals surface area contributed by atoms with E-state index in [1.54, 1.807) is 5.57 Å². The Balaban J connectivity index is 1.62. The van der Waals surface area contributed by atoms with Crippen LogP contribution in [0.15, 0.2) is 23.8 Å². The molecule has 3 saturated carbocycles. The van der Waals surface area contributed by atoms with Gasteiger partial charge in [-0.05, 0) is 98.7 Å². The highest BCUT2D eigenvalue weighted by atomic mass is 16.3. The Morgan fingerprint density at radius 2 is 1.92 bits per heavy atom. The molecule has 0 aliphatic heterocycles. The summed E-state index contributed by atoms with van der Waals surface area (Å²) in [6, 6.07) is 0. The lowest BCUT2D eigenvalue weighted by Crippen LogP contribution is -2.50. The average Bonchev–Trinajstić information content (AvgIpc) is 2.93. The lowest BCUT2D eigenvalue weighted by Gasteiger charge is -2.58. The summed E-state index contributed by atoms with van der Waals surface area (Å²) in [7, 11) is 0. The van der Waals surface area contributed by atoms with Gasteiger partial charge < -0.3 is 5.11 Å². The minimum Gasteiger partial charge on any atom is -0.393 e. The van der Waals surface area contributed by atoms with Crippen molar-refractivity contribution in [2.24, 2.45) is 40.4 Å². The van der Waals surface area contributed by atoms with Crippen LogP contribution in [0.3, 0.4) is 0 Å². The van der Waals surface area contributed by atoms with Crippen LogP contribution in [0.5, 0.6) is 0 Å². The van der Waals surface area contributed by atoms with Gasteiger partial charge in [-0.1, -0.05) is 44.6 Å². The zero-order valence-electron chi connectivity index (χ0n) is 16.8. The fourth-order valence-electron chi connectivity index (χ4n) is 7.98. The predicted molar refractivity (Wildman–Crippen MR) is 105 cm³/mol. The van der Waals surface area contributed by atoms with Crippen LogP contribution in [0.4, 0.5) is 0 Å². The van der Waals surface area contributed by atoms with Gasteiger partial charge in [0.25, 0.3) is 0 Å². The Bertz CT molecular complexity index is 575. The zero-order valence-corrected chi connectivity index (χ0v) is 16.8. The molecule has 0 spiro atoms. The number of hydrogen-bond acceptors (Lipinski definition) is 1. The maximum absolute atomic E-state index is 10.1. The first-order valence-corrected chi connectivity index (χ1v) is 10.9. The lowest BCUT2D eigenvalue weighted by atomic mass is 9.47.